The smallest absolute Gasteiger partial charge is 0.248 e. The number of H-pyrrole nitrogens is 1. The third kappa shape index (κ3) is 24.3. The Morgan fingerprint density at radius 2 is 1.08 bits per heavy atom. The minimum absolute atomic E-state index is 0.0114. The second-order valence-corrected chi connectivity index (χ2v) is 30.3. The van der Waals surface area contributed by atoms with Crippen LogP contribution in [-0.2, 0) is 78.3 Å². The Morgan fingerprint density at radius 3 is 1.60 bits per heavy atom. The van der Waals surface area contributed by atoms with E-state index in [4.69, 9.17) is 11.5 Å². The van der Waals surface area contributed by atoms with E-state index in [9.17, 15) is 87.2 Å². The number of carbonyl (C=O) groups is 15. The van der Waals surface area contributed by atoms with Crippen LogP contribution in [0.25, 0.3) is 0 Å². The van der Waals surface area contributed by atoms with Crippen LogP contribution in [0, 0.1) is 11.8 Å². The molecule has 99 heavy (non-hydrogen) atoms. The lowest BCUT2D eigenvalue weighted by Crippen LogP contribution is -2.62. The number of imidazole rings is 1. The molecule has 0 spiro atoms. The maximum absolute atomic E-state index is 14.7. The number of hydrogen-bond donors (Lipinski definition) is 18. The Kier molecular flexibility index (Phi) is 34.1. The summed E-state index contributed by atoms with van der Waals surface area (Å²) in [6.45, 7) is 3.96. The number of hydrogen-bond acceptors (Lipinski definition) is 25. The number of nitrogens with two attached hydrogens (primary N) is 2. The molecule has 4 aliphatic rings. The molecule has 15 amide bonds. The SMILES string of the molecule is CC[C@H](C)[C@@H]1NC(=O)[C@@H]2CCCN2C(=O)[C@H](CO)NC(=O)[C@H](CCSC)NC(=O)[C@H](C)NC(=O)[C@@H](CO)NC(=O)[C@@H]2CSSC[C@H](NC(=O)CN)C(=O)N[C@@H](CSSC[C@@H](C(N)=O)NC1=O)C(=O)N[C@@H](CO)C(=O)N[C@@H](Cc1cnc[nH]1)C(=O)N1CCC[C@H]1C(=O)N[C@@H](C(C)C)C(=O)N2. The van der Waals surface area contributed by atoms with Crippen molar-refractivity contribution < 1.29 is 87.2 Å². The third-order valence-corrected chi connectivity index (χ3v) is 22.1. The zero-order valence-corrected chi connectivity index (χ0v) is 59.7. The second-order valence-electron chi connectivity index (χ2n) is 24.2. The van der Waals surface area contributed by atoms with Crippen molar-refractivity contribution in [2.45, 2.75) is 164 Å². The number of nitrogens with one attached hydrogen (secondary N) is 13. The molecule has 0 saturated carbocycles. The molecular weight excluding hydrogens is 1400 g/mol. The first-order valence-corrected chi connectivity index (χ1v) is 38.5. The number of aliphatic hydroxyl groups excluding tert-OH is 3. The van der Waals surface area contributed by atoms with Gasteiger partial charge in [-0.1, -0.05) is 77.3 Å². The van der Waals surface area contributed by atoms with Crippen LogP contribution >= 0.6 is 54.9 Å². The molecule has 0 radical (unpaired) electrons. The van der Waals surface area contributed by atoms with E-state index >= 15 is 0 Å². The van der Waals surface area contributed by atoms with Crippen LogP contribution in [0.5, 0.6) is 0 Å². The minimum atomic E-state index is -1.84. The lowest BCUT2D eigenvalue weighted by Gasteiger charge is -2.31. The van der Waals surface area contributed by atoms with Crippen molar-refractivity contribution in [3.63, 3.8) is 0 Å². The Bertz CT molecular complexity index is 3040. The van der Waals surface area contributed by atoms with Crippen LogP contribution in [0.1, 0.15) is 78.8 Å². The molecule has 4 fully saturated rings. The number of nitrogens with zero attached hydrogens (tertiary/aromatic N) is 3. The maximum Gasteiger partial charge on any atom is 0.248 e. The maximum atomic E-state index is 14.7. The molecule has 0 unspecified atom stereocenters. The number of aliphatic hydroxyl groups is 3. The highest BCUT2D eigenvalue weighted by molar-refractivity contribution is 8.77. The van der Waals surface area contributed by atoms with Crippen molar-refractivity contribution in [3.05, 3.63) is 18.2 Å². The van der Waals surface area contributed by atoms with Crippen LogP contribution in [0.2, 0.25) is 0 Å². The summed E-state index contributed by atoms with van der Waals surface area (Å²) in [5, 5.41) is 62.1. The van der Waals surface area contributed by atoms with Gasteiger partial charge in [-0.15, -0.1) is 0 Å². The zero-order valence-electron chi connectivity index (χ0n) is 55.6. The van der Waals surface area contributed by atoms with Gasteiger partial charge in [0.05, 0.1) is 32.7 Å². The number of rotatable bonds is 14. The first kappa shape index (κ1) is 82.5. The molecule has 5 heterocycles. The topological polar surface area (TPSA) is 548 Å². The minimum Gasteiger partial charge on any atom is -0.394 e. The number of aromatic amines is 1. The van der Waals surface area contributed by atoms with Crippen LogP contribution in [0.15, 0.2) is 12.5 Å². The van der Waals surface area contributed by atoms with Crippen molar-refractivity contribution in [1.82, 2.24) is 83.6 Å². The lowest BCUT2D eigenvalue weighted by molar-refractivity contribution is -0.143. The van der Waals surface area contributed by atoms with Gasteiger partial charge in [0.15, 0.2) is 0 Å². The molecule has 20 N–H and O–H groups in total. The number of fused-ring (bicyclic) bond motifs is 10. The highest BCUT2D eigenvalue weighted by atomic mass is 33.1. The largest absolute Gasteiger partial charge is 0.394 e. The van der Waals surface area contributed by atoms with E-state index in [1.54, 1.807) is 34.0 Å². The van der Waals surface area contributed by atoms with Gasteiger partial charge in [0.2, 0.25) is 88.6 Å². The number of amides is 15. The summed E-state index contributed by atoms with van der Waals surface area (Å²) >= 11 is 1.30. The molecule has 36 nitrogen and oxygen atoms in total. The van der Waals surface area contributed by atoms with Gasteiger partial charge in [0.1, 0.15) is 84.6 Å². The van der Waals surface area contributed by atoms with Crippen molar-refractivity contribution in [3.8, 4) is 0 Å². The molecule has 1 aromatic heterocycles. The highest BCUT2D eigenvalue weighted by Crippen LogP contribution is 2.27. The van der Waals surface area contributed by atoms with Crippen molar-refractivity contribution >= 4 is 144 Å². The predicted octanol–water partition coefficient (Wildman–Crippen LogP) is -7.56. The molecule has 1 aromatic rings. The fourth-order valence-electron chi connectivity index (χ4n) is 10.7. The molecule has 15 atom stereocenters. The molecule has 4 aliphatic heterocycles. The summed E-state index contributed by atoms with van der Waals surface area (Å²) in [6.07, 6.45) is 5.14. The van der Waals surface area contributed by atoms with E-state index in [1.807, 2.05) is 0 Å². The predicted molar refractivity (Wildman–Crippen MR) is 367 cm³/mol. The Morgan fingerprint density at radius 1 is 0.596 bits per heavy atom. The van der Waals surface area contributed by atoms with E-state index in [1.165, 1.54) is 36.1 Å². The normalized spacial score (nSPS) is 29.4. The van der Waals surface area contributed by atoms with E-state index in [2.05, 4.69) is 73.8 Å². The fraction of sp³-hybridized carbons (Fsp3) is 0.690. The summed E-state index contributed by atoms with van der Waals surface area (Å²) in [4.78, 5) is 221. The summed E-state index contributed by atoms with van der Waals surface area (Å²) in [5.41, 5.74) is 11.8. The first-order chi connectivity index (χ1) is 47.1. The van der Waals surface area contributed by atoms with Crippen LogP contribution in [-0.4, -0.2) is 283 Å². The molecule has 0 aromatic carbocycles. The molecule has 41 heteroatoms. The quantitative estimate of drug-likeness (QED) is 0.0770. The lowest BCUT2D eigenvalue weighted by atomic mass is 9.97. The summed E-state index contributed by atoms with van der Waals surface area (Å²) < 4.78 is 0. The van der Waals surface area contributed by atoms with Crippen LogP contribution in [0.3, 0.4) is 0 Å². The number of primary amides is 1. The third-order valence-electron chi connectivity index (χ3n) is 16.6. The van der Waals surface area contributed by atoms with E-state index in [0.717, 1.165) is 48.1 Å². The van der Waals surface area contributed by atoms with Crippen LogP contribution < -0.4 is 75.3 Å². The first-order valence-electron chi connectivity index (χ1n) is 32.1. The standard InChI is InChI=1S/C58H92N18O18S5/c1-7-28(4)44-56(92)70-36(45(60)81)22-96-98-24-38-51(87)68-34(20-78)49(85)66-32(16-30-18-61-26-62-30)57(93)75-13-8-10-40(75)53(89)73-43(27(2)3)55(91)72-39(25-99-97-23-37(50(86)71-38)64-42(80)17-59)52(88)67-33(19-77)48(84)63-29(5)46(82)65-31(12-15-95-6)47(83)69-35(21-79)58(94)76-14-9-11-41(76)54(90)74-44/h18,26-29,31-41,43-44,77-79H,7-17,19-25,59H2,1-6H3,(H2,60,81)(H,61,62)(H,63,84)(H,64,80)(H,65,82)(H,66,85)(H,67,88)(H,68,87)(H,69,83)(H,70,92)(H,71,86)(H,72,91)(H,73,89)(H,74,90)/t28-,29-,31-,32-,33+,34-,35-,36-,37-,38-,39-,40-,41-,43-,44-/m0/s1. The van der Waals surface area contributed by atoms with Crippen LogP contribution in [0.4, 0.5) is 0 Å². The summed E-state index contributed by atoms with van der Waals surface area (Å²) in [5.74, 6) is -16.9. The summed E-state index contributed by atoms with van der Waals surface area (Å²) in [7, 11) is 3.42. The van der Waals surface area contributed by atoms with E-state index < -0.39 is 223 Å². The Labute approximate surface area is 591 Å². The molecular formula is C58H92N18O18S5. The highest BCUT2D eigenvalue weighted by Gasteiger charge is 2.44. The number of thioether (sulfide) groups is 1. The molecule has 552 valence electrons. The van der Waals surface area contributed by atoms with Gasteiger partial charge in [0.25, 0.3) is 0 Å². The van der Waals surface area contributed by atoms with Crippen molar-refractivity contribution in [2.24, 2.45) is 23.3 Å². The molecule has 4 saturated heterocycles. The average Bonchev–Trinajstić information content (AvgIpc) is 1.78. The molecule has 5 rings (SSSR count). The number of aromatic nitrogens is 2. The van der Waals surface area contributed by atoms with E-state index in [0.29, 0.717) is 12.1 Å². The van der Waals surface area contributed by atoms with Gasteiger partial charge in [-0.2, -0.15) is 11.8 Å². The Balaban J connectivity index is 1.62. The van der Waals surface area contributed by atoms with Gasteiger partial charge in [-0.3, -0.25) is 71.9 Å². The van der Waals surface area contributed by atoms with Crippen molar-refractivity contribution in [1.29, 1.82) is 0 Å². The van der Waals surface area contributed by atoms with Gasteiger partial charge in [0, 0.05) is 54.4 Å². The van der Waals surface area contributed by atoms with Gasteiger partial charge >= 0.3 is 0 Å². The zero-order chi connectivity index (χ0) is 73.2. The van der Waals surface area contributed by atoms with E-state index in [-0.39, 0.29) is 68.9 Å². The number of carbonyl (C=O) groups excluding carboxylic acids is 15. The van der Waals surface area contributed by atoms with Gasteiger partial charge in [-0.25, -0.2) is 4.98 Å². The summed E-state index contributed by atoms with van der Waals surface area (Å²) in [6, 6.07) is -21.3. The Hall–Kier alpha value is -7.15. The average molecular weight is 1490 g/mol. The monoisotopic (exact) mass is 1490 g/mol. The van der Waals surface area contributed by atoms with Gasteiger partial charge < -0.3 is 105 Å². The molecule has 2 bridgehead atoms. The van der Waals surface area contributed by atoms with Crippen molar-refractivity contribution in [2.75, 3.05) is 74.5 Å². The fourth-order valence-corrected chi connectivity index (χ4v) is 15.8. The molecule has 0 aliphatic carbocycles. The van der Waals surface area contributed by atoms with Gasteiger partial charge in [-0.05, 0) is 62.9 Å². The second kappa shape index (κ2) is 40.9.